The van der Waals surface area contributed by atoms with Crippen LogP contribution in [0, 0.1) is 10.1 Å². The number of hydrogen-bond acceptors (Lipinski definition) is 6. The van der Waals surface area contributed by atoms with Gasteiger partial charge in [-0.2, -0.15) is 5.10 Å². The highest BCUT2D eigenvalue weighted by atomic mass is 16.6. The van der Waals surface area contributed by atoms with Crippen molar-refractivity contribution >= 4 is 28.2 Å². The minimum Gasteiger partial charge on any atom is -0.321 e. The van der Waals surface area contributed by atoms with Gasteiger partial charge in [-0.3, -0.25) is 19.9 Å². The predicted octanol–water partition coefficient (Wildman–Crippen LogP) is 2.98. The second-order valence-corrected chi connectivity index (χ2v) is 5.67. The van der Waals surface area contributed by atoms with E-state index in [0.29, 0.717) is 5.69 Å². The van der Waals surface area contributed by atoms with Crippen molar-refractivity contribution < 1.29 is 9.72 Å². The number of amides is 1. The first-order valence-electron chi connectivity index (χ1n) is 7.91. The summed E-state index contributed by atoms with van der Waals surface area (Å²) in [5.74, 6) is -0.472. The SMILES string of the molecule is O=C(Nc1cnc2ccccc2c1)c1ccc(-n2cncn2)c([N+](=O)[O-])c1. The topological polar surface area (TPSA) is 116 Å². The number of nitro benzene ring substituents is 1. The molecule has 0 atom stereocenters. The molecule has 27 heavy (non-hydrogen) atoms. The molecule has 0 saturated carbocycles. The highest BCUT2D eigenvalue weighted by Gasteiger charge is 2.19. The van der Waals surface area contributed by atoms with E-state index in [-0.39, 0.29) is 16.9 Å². The summed E-state index contributed by atoms with van der Waals surface area (Å²) in [4.78, 5) is 31.4. The number of para-hydroxylation sites is 1. The van der Waals surface area contributed by atoms with Crippen LogP contribution >= 0.6 is 0 Å². The molecule has 2 aromatic carbocycles. The van der Waals surface area contributed by atoms with E-state index in [2.05, 4.69) is 20.4 Å². The summed E-state index contributed by atoms with van der Waals surface area (Å²) in [6.45, 7) is 0. The van der Waals surface area contributed by atoms with E-state index in [4.69, 9.17) is 0 Å². The lowest BCUT2D eigenvalue weighted by Gasteiger charge is -2.08. The van der Waals surface area contributed by atoms with Crippen LogP contribution in [-0.4, -0.2) is 30.6 Å². The number of aromatic nitrogens is 4. The van der Waals surface area contributed by atoms with Gasteiger partial charge in [0, 0.05) is 17.0 Å². The molecule has 1 N–H and O–H groups in total. The number of benzene rings is 2. The molecular formula is C18H12N6O3. The van der Waals surface area contributed by atoms with Crippen LogP contribution in [0.2, 0.25) is 0 Å². The number of carbonyl (C=O) groups is 1. The maximum atomic E-state index is 12.5. The molecule has 0 aliphatic rings. The van der Waals surface area contributed by atoms with Gasteiger partial charge in [-0.25, -0.2) is 9.67 Å². The molecule has 0 bridgehead atoms. The number of nitrogens with zero attached hydrogens (tertiary/aromatic N) is 5. The van der Waals surface area contributed by atoms with E-state index in [1.54, 1.807) is 12.3 Å². The summed E-state index contributed by atoms with van der Waals surface area (Å²) in [5, 5.41) is 18.9. The highest BCUT2D eigenvalue weighted by Crippen LogP contribution is 2.24. The van der Waals surface area contributed by atoms with Gasteiger partial charge in [0.1, 0.15) is 18.3 Å². The van der Waals surface area contributed by atoms with E-state index < -0.39 is 10.8 Å². The molecule has 0 spiro atoms. The monoisotopic (exact) mass is 360 g/mol. The van der Waals surface area contributed by atoms with E-state index >= 15 is 0 Å². The summed E-state index contributed by atoms with van der Waals surface area (Å²) in [6.07, 6.45) is 4.17. The Morgan fingerprint density at radius 3 is 2.78 bits per heavy atom. The summed E-state index contributed by atoms with van der Waals surface area (Å²) >= 11 is 0. The van der Waals surface area contributed by atoms with Crippen molar-refractivity contribution in [2.45, 2.75) is 0 Å². The maximum Gasteiger partial charge on any atom is 0.295 e. The number of anilines is 1. The minimum absolute atomic E-state index is 0.152. The van der Waals surface area contributed by atoms with Crippen LogP contribution < -0.4 is 5.32 Å². The molecule has 0 unspecified atom stereocenters. The maximum absolute atomic E-state index is 12.5. The fourth-order valence-electron chi connectivity index (χ4n) is 2.68. The van der Waals surface area contributed by atoms with E-state index in [1.165, 1.54) is 35.5 Å². The zero-order valence-electron chi connectivity index (χ0n) is 13.8. The number of fused-ring (bicyclic) bond motifs is 1. The van der Waals surface area contributed by atoms with Gasteiger partial charge in [0.2, 0.25) is 0 Å². The first-order valence-corrected chi connectivity index (χ1v) is 7.91. The van der Waals surface area contributed by atoms with E-state index in [1.807, 2.05) is 24.3 Å². The lowest BCUT2D eigenvalue weighted by molar-refractivity contribution is -0.384. The van der Waals surface area contributed by atoms with Crippen LogP contribution in [0.25, 0.3) is 16.6 Å². The van der Waals surface area contributed by atoms with Crippen LogP contribution in [0.15, 0.2) is 67.4 Å². The zero-order chi connectivity index (χ0) is 18.8. The van der Waals surface area contributed by atoms with Crippen LogP contribution in [0.1, 0.15) is 10.4 Å². The summed E-state index contributed by atoms with van der Waals surface area (Å²) < 4.78 is 1.27. The van der Waals surface area contributed by atoms with Crippen LogP contribution in [-0.2, 0) is 0 Å². The smallest absolute Gasteiger partial charge is 0.295 e. The second kappa shape index (κ2) is 6.64. The lowest BCUT2D eigenvalue weighted by atomic mass is 10.1. The average molecular weight is 360 g/mol. The fourth-order valence-corrected chi connectivity index (χ4v) is 2.68. The summed E-state index contributed by atoms with van der Waals surface area (Å²) in [6, 6.07) is 13.5. The molecule has 9 heteroatoms. The third kappa shape index (κ3) is 3.21. The molecule has 4 aromatic rings. The Labute approximate surface area is 152 Å². The molecule has 2 heterocycles. The van der Waals surface area contributed by atoms with Crippen LogP contribution in [0.4, 0.5) is 11.4 Å². The van der Waals surface area contributed by atoms with E-state index in [0.717, 1.165) is 10.9 Å². The third-order valence-corrected chi connectivity index (χ3v) is 3.95. The molecule has 0 aliphatic carbocycles. The van der Waals surface area contributed by atoms with Crippen molar-refractivity contribution in [3.05, 3.63) is 83.1 Å². The Balaban J connectivity index is 1.64. The Kier molecular flexibility index (Phi) is 4.01. The van der Waals surface area contributed by atoms with E-state index in [9.17, 15) is 14.9 Å². The summed E-state index contributed by atoms with van der Waals surface area (Å²) in [5.41, 5.74) is 1.44. The van der Waals surface area contributed by atoms with Crippen molar-refractivity contribution in [3.63, 3.8) is 0 Å². The molecule has 132 valence electrons. The van der Waals surface area contributed by atoms with Gasteiger partial charge in [-0.15, -0.1) is 0 Å². The molecule has 1 amide bonds. The van der Waals surface area contributed by atoms with Gasteiger partial charge in [0.05, 0.1) is 22.3 Å². The quantitative estimate of drug-likeness (QED) is 0.442. The molecular weight excluding hydrogens is 348 g/mol. The molecule has 9 nitrogen and oxygen atoms in total. The van der Waals surface area contributed by atoms with Gasteiger partial charge in [-0.1, -0.05) is 18.2 Å². The van der Waals surface area contributed by atoms with Crippen LogP contribution in [0.3, 0.4) is 0 Å². The van der Waals surface area contributed by atoms with Crippen molar-refractivity contribution in [2.75, 3.05) is 5.32 Å². The Morgan fingerprint density at radius 2 is 2.00 bits per heavy atom. The molecule has 0 saturated heterocycles. The molecule has 0 radical (unpaired) electrons. The van der Waals surface area contributed by atoms with Gasteiger partial charge in [0.25, 0.3) is 11.6 Å². The number of nitro groups is 1. The first-order chi connectivity index (χ1) is 13.1. The predicted molar refractivity (Wildman–Crippen MR) is 97.7 cm³/mol. The Bertz CT molecular complexity index is 1160. The fraction of sp³-hybridized carbons (Fsp3) is 0. The average Bonchev–Trinajstić information content (AvgIpc) is 3.22. The molecule has 4 rings (SSSR count). The minimum atomic E-state index is -0.564. The second-order valence-electron chi connectivity index (χ2n) is 5.67. The van der Waals surface area contributed by atoms with Gasteiger partial charge >= 0.3 is 0 Å². The van der Waals surface area contributed by atoms with Crippen molar-refractivity contribution in [1.82, 2.24) is 19.7 Å². The third-order valence-electron chi connectivity index (χ3n) is 3.95. The molecule has 0 aliphatic heterocycles. The summed E-state index contributed by atoms with van der Waals surface area (Å²) in [7, 11) is 0. The normalized spacial score (nSPS) is 10.7. The van der Waals surface area contributed by atoms with Crippen molar-refractivity contribution in [2.24, 2.45) is 0 Å². The van der Waals surface area contributed by atoms with Crippen LogP contribution in [0.5, 0.6) is 0 Å². The highest BCUT2D eigenvalue weighted by molar-refractivity contribution is 6.05. The number of carbonyl (C=O) groups excluding carboxylic acids is 1. The molecule has 2 aromatic heterocycles. The number of rotatable bonds is 4. The Hall–Kier alpha value is -4.14. The largest absolute Gasteiger partial charge is 0.321 e. The van der Waals surface area contributed by atoms with Gasteiger partial charge < -0.3 is 5.32 Å². The number of nitrogens with one attached hydrogen (secondary N) is 1. The number of hydrogen-bond donors (Lipinski definition) is 1. The number of pyridine rings is 1. The van der Waals surface area contributed by atoms with Crippen molar-refractivity contribution in [3.8, 4) is 5.69 Å². The Morgan fingerprint density at radius 1 is 1.15 bits per heavy atom. The zero-order valence-corrected chi connectivity index (χ0v) is 13.8. The molecule has 0 fully saturated rings. The standard InChI is InChI=1S/C18H12N6O3/c25-18(22-14-7-12-3-1-2-4-15(12)20-9-14)13-5-6-16(17(8-13)24(26)27)23-11-19-10-21-23/h1-11H,(H,22,25). The van der Waals surface area contributed by atoms with Gasteiger partial charge in [0.15, 0.2) is 0 Å². The van der Waals surface area contributed by atoms with Crippen molar-refractivity contribution in [1.29, 1.82) is 0 Å². The first kappa shape index (κ1) is 16.3. The lowest BCUT2D eigenvalue weighted by Crippen LogP contribution is -2.13. The van der Waals surface area contributed by atoms with Gasteiger partial charge in [-0.05, 0) is 24.3 Å².